The van der Waals surface area contributed by atoms with Crippen molar-refractivity contribution in [1.29, 1.82) is 0 Å². The van der Waals surface area contributed by atoms with E-state index in [4.69, 9.17) is 9.52 Å². The summed E-state index contributed by atoms with van der Waals surface area (Å²) in [6, 6.07) is 3.13. The minimum atomic E-state index is -0.304. The van der Waals surface area contributed by atoms with Gasteiger partial charge in [0.05, 0.1) is 18.6 Å². The average molecular weight is 277 g/mol. The summed E-state index contributed by atoms with van der Waals surface area (Å²) in [5.41, 5.74) is 0.945. The zero-order valence-corrected chi connectivity index (χ0v) is 11.7. The van der Waals surface area contributed by atoms with Crippen LogP contribution >= 0.6 is 0 Å². The van der Waals surface area contributed by atoms with Crippen molar-refractivity contribution >= 4 is 5.91 Å². The van der Waals surface area contributed by atoms with Crippen LogP contribution in [0.5, 0.6) is 0 Å². The molecular weight excluding hydrogens is 258 g/mol. The van der Waals surface area contributed by atoms with E-state index in [2.05, 4.69) is 24.1 Å². The molecular formula is C14H19N3O3. The highest BCUT2D eigenvalue weighted by molar-refractivity contribution is 5.91. The van der Waals surface area contributed by atoms with Gasteiger partial charge in [-0.2, -0.15) is 0 Å². The van der Waals surface area contributed by atoms with E-state index < -0.39 is 0 Å². The molecule has 0 aliphatic heterocycles. The SMILES string of the molecule is CC(C)Cn1cncc1CNC(=O)c1ccc(CO)o1. The van der Waals surface area contributed by atoms with Crippen LogP contribution in [0.25, 0.3) is 0 Å². The molecule has 0 atom stereocenters. The minimum absolute atomic E-state index is 0.198. The predicted molar refractivity (Wildman–Crippen MR) is 72.9 cm³/mol. The number of aliphatic hydroxyl groups is 1. The normalized spacial score (nSPS) is 11.0. The molecule has 2 rings (SSSR count). The lowest BCUT2D eigenvalue weighted by molar-refractivity contribution is 0.0917. The molecule has 108 valence electrons. The summed E-state index contributed by atoms with van der Waals surface area (Å²) in [7, 11) is 0. The molecule has 1 amide bonds. The molecule has 0 fully saturated rings. The van der Waals surface area contributed by atoms with Gasteiger partial charge in [-0.05, 0) is 18.1 Å². The van der Waals surface area contributed by atoms with Crippen LogP contribution in [-0.4, -0.2) is 20.6 Å². The molecule has 2 heterocycles. The first-order valence-electron chi connectivity index (χ1n) is 6.57. The number of hydrogen-bond acceptors (Lipinski definition) is 4. The van der Waals surface area contributed by atoms with Gasteiger partial charge >= 0.3 is 0 Å². The van der Waals surface area contributed by atoms with E-state index in [-0.39, 0.29) is 18.3 Å². The van der Waals surface area contributed by atoms with Crippen LogP contribution in [0.4, 0.5) is 0 Å². The van der Waals surface area contributed by atoms with Crippen molar-refractivity contribution in [3.05, 3.63) is 41.9 Å². The second-order valence-corrected chi connectivity index (χ2v) is 5.04. The van der Waals surface area contributed by atoms with Crippen LogP contribution in [0.3, 0.4) is 0 Å². The van der Waals surface area contributed by atoms with E-state index >= 15 is 0 Å². The molecule has 0 aliphatic rings. The third kappa shape index (κ3) is 3.48. The molecule has 0 aliphatic carbocycles. The number of aromatic nitrogens is 2. The fraction of sp³-hybridized carbons (Fsp3) is 0.429. The van der Waals surface area contributed by atoms with E-state index in [0.29, 0.717) is 18.2 Å². The number of aliphatic hydroxyl groups excluding tert-OH is 1. The van der Waals surface area contributed by atoms with Crippen molar-refractivity contribution in [2.24, 2.45) is 5.92 Å². The van der Waals surface area contributed by atoms with E-state index in [9.17, 15) is 4.79 Å². The molecule has 0 aromatic carbocycles. The molecule has 0 saturated carbocycles. The lowest BCUT2D eigenvalue weighted by Gasteiger charge is -2.10. The van der Waals surface area contributed by atoms with Gasteiger partial charge in [0, 0.05) is 12.7 Å². The maximum Gasteiger partial charge on any atom is 0.287 e. The van der Waals surface area contributed by atoms with Crippen LogP contribution in [0.15, 0.2) is 29.1 Å². The maximum absolute atomic E-state index is 11.9. The van der Waals surface area contributed by atoms with E-state index in [1.807, 2.05) is 4.57 Å². The number of amides is 1. The Balaban J connectivity index is 1.95. The Labute approximate surface area is 117 Å². The summed E-state index contributed by atoms with van der Waals surface area (Å²) in [5.74, 6) is 0.779. The number of carbonyl (C=O) groups is 1. The number of nitrogens with zero attached hydrogens (tertiary/aromatic N) is 2. The summed E-state index contributed by atoms with van der Waals surface area (Å²) in [5, 5.41) is 11.7. The van der Waals surface area contributed by atoms with Gasteiger partial charge in [0.2, 0.25) is 0 Å². The largest absolute Gasteiger partial charge is 0.453 e. The monoisotopic (exact) mass is 277 g/mol. The number of imidazole rings is 1. The van der Waals surface area contributed by atoms with E-state index in [1.165, 1.54) is 0 Å². The molecule has 20 heavy (non-hydrogen) atoms. The number of rotatable bonds is 6. The molecule has 2 N–H and O–H groups in total. The van der Waals surface area contributed by atoms with E-state index in [0.717, 1.165) is 12.2 Å². The van der Waals surface area contributed by atoms with Gasteiger partial charge < -0.3 is 19.4 Å². The molecule has 0 saturated heterocycles. The van der Waals surface area contributed by atoms with Gasteiger partial charge in [-0.1, -0.05) is 13.8 Å². The molecule has 2 aromatic rings. The Kier molecular flexibility index (Phi) is 4.57. The Bertz CT molecular complexity index is 572. The standard InChI is InChI=1S/C14H19N3O3/c1-10(2)7-17-9-15-5-11(17)6-16-14(19)13-4-3-12(8-18)20-13/h3-5,9-10,18H,6-8H2,1-2H3,(H,16,19). The van der Waals surface area contributed by atoms with Crippen LogP contribution in [0.1, 0.15) is 35.9 Å². The summed E-state index contributed by atoms with van der Waals surface area (Å²) in [6.07, 6.45) is 3.50. The lowest BCUT2D eigenvalue weighted by Crippen LogP contribution is -2.24. The zero-order chi connectivity index (χ0) is 14.5. The Morgan fingerprint density at radius 3 is 2.95 bits per heavy atom. The van der Waals surface area contributed by atoms with Gasteiger partial charge in [-0.15, -0.1) is 0 Å². The second kappa shape index (κ2) is 6.38. The molecule has 0 bridgehead atoms. The first-order valence-corrected chi connectivity index (χ1v) is 6.57. The topological polar surface area (TPSA) is 80.3 Å². The number of carbonyl (C=O) groups excluding carboxylic acids is 1. The van der Waals surface area contributed by atoms with Gasteiger partial charge in [0.15, 0.2) is 5.76 Å². The highest BCUT2D eigenvalue weighted by Crippen LogP contribution is 2.08. The van der Waals surface area contributed by atoms with Gasteiger partial charge in [0.1, 0.15) is 12.4 Å². The summed E-state index contributed by atoms with van der Waals surface area (Å²) < 4.78 is 7.19. The second-order valence-electron chi connectivity index (χ2n) is 5.04. The first kappa shape index (κ1) is 14.3. The maximum atomic E-state index is 11.9. The first-order chi connectivity index (χ1) is 9.60. The van der Waals surface area contributed by atoms with Gasteiger partial charge in [-0.25, -0.2) is 4.98 Å². The summed E-state index contributed by atoms with van der Waals surface area (Å²) >= 11 is 0. The number of hydrogen-bond donors (Lipinski definition) is 2. The van der Waals surface area contributed by atoms with Crippen LogP contribution < -0.4 is 5.32 Å². The fourth-order valence-corrected chi connectivity index (χ4v) is 1.90. The van der Waals surface area contributed by atoms with Crippen LogP contribution in [0.2, 0.25) is 0 Å². The van der Waals surface area contributed by atoms with Crippen molar-refractivity contribution in [3.63, 3.8) is 0 Å². The van der Waals surface area contributed by atoms with Gasteiger partial charge in [0.25, 0.3) is 5.91 Å². The lowest BCUT2D eigenvalue weighted by atomic mass is 10.2. The highest BCUT2D eigenvalue weighted by atomic mass is 16.4. The number of nitrogens with one attached hydrogen (secondary N) is 1. The highest BCUT2D eigenvalue weighted by Gasteiger charge is 2.12. The molecule has 6 heteroatoms. The minimum Gasteiger partial charge on any atom is -0.453 e. The van der Waals surface area contributed by atoms with E-state index in [1.54, 1.807) is 24.7 Å². The summed E-state index contributed by atoms with van der Waals surface area (Å²) in [6.45, 7) is 5.29. The zero-order valence-electron chi connectivity index (χ0n) is 11.7. The molecule has 0 spiro atoms. The van der Waals surface area contributed by atoms with Gasteiger partial charge in [-0.3, -0.25) is 4.79 Å². The molecule has 0 radical (unpaired) electrons. The van der Waals surface area contributed by atoms with Crippen LogP contribution in [-0.2, 0) is 19.7 Å². The Hall–Kier alpha value is -2.08. The summed E-state index contributed by atoms with van der Waals surface area (Å²) in [4.78, 5) is 16.0. The molecule has 2 aromatic heterocycles. The predicted octanol–water partition coefficient (Wildman–Crippen LogP) is 1.55. The third-order valence-corrected chi connectivity index (χ3v) is 2.83. The fourth-order valence-electron chi connectivity index (χ4n) is 1.90. The third-order valence-electron chi connectivity index (χ3n) is 2.83. The van der Waals surface area contributed by atoms with Crippen molar-refractivity contribution in [2.75, 3.05) is 0 Å². The Morgan fingerprint density at radius 2 is 2.30 bits per heavy atom. The average Bonchev–Trinajstić information content (AvgIpc) is 3.04. The molecule has 6 nitrogen and oxygen atoms in total. The Morgan fingerprint density at radius 1 is 1.50 bits per heavy atom. The smallest absolute Gasteiger partial charge is 0.287 e. The van der Waals surface area contributed by atoms with Crippen molar-refractivity contribution in [2.45, 2.75) is 33.5 Å². The van der Waals surface area contributed by atoms with Crippen molar-refractivity contribution < 1.29 is 14.3 Å². The van der Waals surface area contributed by atoms with Crippen LogP contribution in [0, 0.1) is 5.92 Å². The van der Waals surface area contributed by atoms with Crippen molar-refractivity contribution in [3.8, 4) is 0 Å². The quantitative estimate of drug-likeness (QED) is 0.839. The number of furan rings is 1. The molecule has 0 unspecified atom stereocenters. The van der Waals surface area contributed by atoms with Crippen molar-refractivity contribution in [1.82, 2.24) is 14.9 Å².